The van der Waals surface area contributed by atoms with Gasteiger partial charge in [0.05, 0.1) is 22.6 Å². The number of nitrogens with one attached hydrogen (secondary N) is 2. The van der Waals surface area contributed by atoms with Crippen LogP contribution in [0.25, 0.3) is 17.0 Å². The number of aryl methyl sites for hydroxylation is 1. The van der Waals surface area contributed by atoms with Gasteiger partial charge in [0.15, 0.2) is 0 Å². The van der Waals surface area contributed by atoms with Gasteiger partial charge in [-0.25, -0.2) is 9.38 Å². The van der Waals surface area contributed by atoms with Gasteiger partial charge in [0.1, 0.15) is 6.54 Å². The van der Waals surface area contributed by atoms with Crippen molar-refractivity contribution < 1.29 is 22.8 Å². The van der Waals surface area contributed by atoms with E-state index in [0.29, 0.717) is 40.3 Å². The van der Waals surface area contributed by atoms with Gasteiger partial charge in [-0.05, 0) is 56.7 Å². The van der Waals surface area contributed by atoms with E-state index in [1.807, 2.05) is 6.92 Å². The van der Waals surface area contributed by atoms with Crippen molar-refractivity contribution in [3.63, 3.8) is 0 Å². The number of anilines is 2. The van der Waals surface area contributed by atoms with Gasteiger partial charge in [0, 0.05) is 22.5 Å². The van der Waals surface area contributed by atoms with Crippen LogP contribution in [-0.4, -0.2) is 25.8 Å². The number of aromatic nitrogens is 3. The topological polar surface area (TPSA) is 97.5 Å². The number of carbonyl (C=O) groups is 2. The molecule has 0 aliphatic heterocycles. The molecule has 2 N–H and O–H groups in total. The lowest BCUT2D eigenvalue weighted by Crippen LogP contribution is -2.23. The van der Waals surface area contributed by atoms with Crippen LogP contribution in [0.1, 0.15) is 29.4 Å². The van der Waals surface area contributed by atoms with Crippen LogP contribution in [0.2, 0.25) is 0 Å². The number of fused-ring (bicyclic) bond motifs is 1. The van der Waals surface area contributed by atoms with Gasteiger partial charge in [0.2, 0.25) is 17.6 Å². The van der Waals surface area contributed by atoms with Crippen molar-refractivity contribution in [1.82, 2.24) is 14.0 Å². The molecule has 0 unspecified atom stereocenters. The van der Waals surface area contributed by atoms with Crippen LogP contribution >= 0.6 is 0 Å². The molecule has 0 spiro atoms. The number of benzene rings is 2. The third kappa shape index (κ3) is 5.33. The zero-order chi connectivity index (χ0) is 28.5. The summed E-state index contributed by atoms with van der Waals surface area (Å²) in [4.78, 5) is 43.4. The molecule has 2 heterocycles. The SMILES string of the molecule is C=CC(=O)Nc1ccccc1-c1c(C)n(CC(=O)Nc2ccc(C(F)(F)F)cc2)c2nc(CC)c(C)c(=O)n12. The fourth-order valence-corrected chi connectivity index (χ4v) is 4.38. The van der Waals surface area contributed by atoms with Crippen molar-refractivity contribution >= 4 is 29.0 Å². The average molecular weight is 538 g/mol. The molecule has 0 radical (unpaired) electrons. The Morgan fingerprint density at radius 2 is 1.72 bits per heavy atom. The molecule has 4 aromatic rings. The largest absolute Gasteiger partial charge is 0.416 e. The Morgan fingerprint density at radius 3 is 2.33 bits per heavy atom. The molecule has 0 fully saturated rings. The summed E-state index contributed by atoms with van der Waals surface area (Å²) in [5, 5.41) is 5.34. The zero-order valence-corrected chi connectivity index (χ0v) is 21.5. The van der Waals surface area contributed by atoms with Crippen LogP contribution in [0.15, 0.2) is 66.0 Å². The monoisotopic (exact) mass is 537 g/mol. The smallest absolute Gasteiger partial charge is 0.325 e. The molecular weight excluding hydrogens is 511 g/mol. The molecule has 202 valence electrons. The van der Waals surface area contributed by atoms with Crippen molar-refractivity contribution in [3.8, 4) is 11.3 Å². The molecule has 11 heteroatoms. The predicted molar refractivity (Wildman–Crippen MR) is 143 cm³/mol. The third-order valence-corrected chi connectivity index (χ3v) is 6.36. The molecule has 4 rings (SSSR count). The fourth-order valence-electron chi connectivity index (χ4n) is 4.38. The second-order valence-electron chi connectivity index (χ2n) is 8.86. The number of carbonyl (C=O) groups excluding carboxylic acids is 2. The first-order valence-electron chi connectivity index (χ1n) is 12.1. The molecule has 0 saturated carbocycles. The molecule has 0 bridgehead atoms. The quantitative estimate of drug-likeness (QED) is 0.320. The van der Waals surface area contributed by atoms with E-state index in [2.05, 4.69) is 22.2 Å². The summed E-state index contributed by atoms with van der Waals surface area (Å²) in [5.74, 6) is -0.736. The molecular formula is C28H26F3N5O3. The van der Waals surface area contributed by atoms with Gasteiger partial charge in [-0.15, -0.1) is 0 Å². The summed E-state index contributed by atoms with van der Waals surface area (Å²) in [6, 6.07) is 11.0. The van der Waals surface area contributed by atoms with Gasteiger partial charge < -0.3 is 15.2 Å². The predicted octanol–water partition coefficient (Wildman–Crippen LogP) is 5.12. The molecule has 0 atom stereocenters. The van der Waals surface area contributed by atoms with Crippen LogP contribution < -0.4 is 16.2 Å². The lowest BCUT2D eigenvalue weighted by Gasteiger charge is -2.11. The normalized spacial score (nSPS) is 11.4. The number of hydrogen-bond donors (Lipinski definition) is 2. The van der Waals surface area contributed by atoms with Crippen LogP contribution in [0, 0.1) is 13.8 Å². The van der Waals surface area contributed by atoms with E-state index in [1.54, 1.807) is 42.7 Å². The summed E-state index contributed by atoms with van der Waals surface area (Å²) < 4.78 is 41.7. The summed E-state index contributed by atoms with van der Waals surface area (Å²) in [6.07, 6.45) is -2.87. The molecule has 0 aliphatic rings. The van der Waals surface area contributed by atoms with Crippen LogP contribution in [0.5, 0.6) is 0 Å². The maximum Gasteiger partial charge on any atom is 0.416 e. The van der Waals surface area contributed by atoms with Crippen LogP contribution in [0.3, 0.4) is 0 Å². The number of rotatable bonds is 7. The number of amides is 2. The Balaban J connectivity index is 1.83. The maximum absolute atomic E-state index is 13.6. The molecule has 0 aliphatic carbocycles. The van der Waals surface area contributed by atoms with Crippen molar-refractivity contribution in [2.45, 2.75) is 39.9 Å². The van der Waals surface area contributed by atoms with Gasteiger partial charge >= 0.3 is 6.18 Å². The molecule has 2 amide bonds. The second kappa shape index (κ2) is 10.6. The summed E-state index contributed by atoms with van der Waals surface area (Å²) in [7, 11) is 0. The summed E-state index contributed by atoms with van der Waals surface area (Å²) in [6.45, 7) is 8.48. The van der Waals surface area contributed by atoms with Gasteiger partial charge in [-0.2, -0.15) is 13.2 Å². The van der Waals surface area contributed by atoms with Gasteiger partial charge in [0.25, 0.3) is 5.56 Å². The Kier molecular flexibility index (Phi) is 7.44. The molecule has 8 nitrogen and oxygen atoms in total. The highest BCUT2D eigenvalue weighted by molar-refractivity contribution is 6.01. The zero-order valence-electron chi connectivity index (χ0n) is 21.5. The molecule has 39 heavy (non-hydrogen) atoms. The van der Waals surface area contributed by atoms with Gasteiger partial charge in [-0.1, -0.05) is 31.7 Å². The Hall–Kier alpha value is -4.67. The molecule has 2 aromatic heterocycles. The number of alkyl halides is 3. The first-order chi connectivity index (χ1) is 18.5. The Bertz CT molecular complexity index is 1650. The highest BCUT2D eigenvalue weighted by Gasteiger charge is 2.30. The first kappa shape index (κ1) is 27.4. The number of halogens is 3. The summed E-state index contributed by atoms with van der Waals surface area (Å²) in [5.41, 5.74) is 2.00. The molecule has 2 aromatic carbocycles. The Morgan fingerprint density at radius 1 is 1.05 bits per heavy atom. The van der Waals surface area contributed by atoms with Crippen molar-refractivity contribution in [2.75, 3.05) is 10.6 Å². The number of para-hydroxylation sites is 1. The highest BCUT2D eigenvalue weighted by atomic mass is 19.4. The van der Waals surface area contributed by atoms with E-state index in [0.717, 1.165) is 18.2 Å². The lowest BCUT2D eigenvalue weighted by atomic mass is 10.1. The van der Waals surface area contributed by atoms with Gasteiger partial charge in [-0.3, -0.25) is 14.4 Å². The highest BCUT2D eigenvalue weighted by Crippen LogP contribution is 2.33. The Labute approximate surface area is 221 Å². The lowest BCUT2D eigenvalue weighted by molar-refractivity contribution is -0.137. The van der Waals surface area contributed by atoms with E-state index in [9.17, 15) is 27.6 Å². The first-order valence-corrected chi connectivity index (χ1v) is 12.1. The van der Waals surface area contributed by atoms with E-state index in [1.165, 1.54) is 16.5 Å². The maximum atomic E-state index is 13.6. The third-order valence-electron chi connectivity index (χ3n) is 6.36. The number of hydrogen-bond acceptors (Lipinski definition) is 4. The number of nitrogens with zero attached hydrogens (tertiary/aromatic N) is 3. The number of imidazole rings is 1. The fraction of sp³-hybridized carbons (Fsp3) is 0.214. The van der Waals surface area contributed by atoms with E-state index in [-0.39, 0.29) is 23.6 Å². The van der Waals surface area contributed by atoms with Crippen molar-refractivity contribution in [2.24, 2.45) is 0 Å². The second-order valence-corrected chi connectivity index (χ2v) is 8.86. The molecule has 0 saturated heterocycles. The van der Waals surface area contributed by atoms with E-state index >= 15 is 0 Å². The minimum absolute atomic E-state index is 0.190. The standard InChI is InChI=1S/C28H26F3N5O3/c1-5-21-16(3)26(39)36-25(20-9-7-8-10-22(20)33-23(37)6-2)17(4)35(27(36)34-21)15-24(38)32-19-13-11-18(12-14-19)28(29,30)31/h6-14H,2,5,15H2,1,3-4H3,(H,32,38)(H,33,37). The minimum atomic E-state index is -4.49. The van der Waals surface area contributed by atoms with Crippen molar-refractivity contribution in [1.29, 1.82) is 0 Å². The summed E-state index contributed by atoms with van der Waals surface area (Å²) >= 11 is 0. The minimum Gasteiger partial charge on any atom is -0.325 e. The van der Waals surface area contributed by atoms with E-state index in [4.69, 9.17) is 0 Å². The van der Waals surface area contributed by atoms with Crippen molar-refractivity contribution in [3.05, 3.63) is 94.1 Å². The average Bonchev–Trinajstić information content (AvgIpc) is 3.17. The van der Waals surface area contributed by atoms with E-state index < -0.39 is 23.6 Å². The van der Waals surface area contributed by atoms with Crippen LogP contribution in [-0.2, 0) is 28.7 Å². The van der Waals surface area contributed by atoms with Crippen LogP contribution in [0.4, 0.5) is 24.5 Å².